The maximum Gasteiger partial charge on any atom is 0.309 e. The number of carbonyl (C=O) groups is 2. The summed E-state index contributed by atoms with van der Waals surface area (Å²) in [6.07, 6.45) is 0. The molecule has 0 fully saturated rings. The van der Waals surface area contributed by atoms with E-state index in [0.29, 0.717) is 6.54 Å². The van der Waals surface area contributed by atoms with Crippen molar-refractivity contribution >= 4 is 11.9 Å². The largest absolute Gasteiger partial charge is 0.469 e. The van der Waals surface area contributed by atoms with Crippen LogP contribution in [0.1, 0.15) is 6.92 Å². The van der Waals surface area contributed by atoms with Gasteiger partial charge >= 0.3 is 5.97 Å². The van der Waals surface area contributed by atoms with E-state index in [1.807, 2.05) is 0 Å². The predicted molar refractivity (Wildman–Crippen MR) is 48.1 cm³/mol. The molecule has 0 saturated heterocycles. The maximum absolute atomic E-state index is 10.9. The molecule has 13 heavy (non-hydrogen) atoms. The number of hydrogen-bond donors (Lipinski definition) is 2. The maximum atomic E-state index is 10.9. The van der Waals surface area contributed by atoms with Crippen molar-refractivity contribution in [2.45, 2.75) is 6.92 Å². The van der Waals surface area contributed by atoms with Crippen LogP contribution in [0, 0.1) is 5.92 Å². The van der Waals surface area contributed by atoms with Gasteiger partial charge < -0.3 is 15.4 Å². The summed E-state index contributed by atoms with van der Waals surface area (Å²) in [6, 6.07) is 0. The highest BCUT2D eigenvalue weighted by Gasteiger charge is 2.12. The molecule has 0 bridgehead atoms. The van der Waals surface area contributed by atoms with Crippen molar-refractivity contribution in [3.63, 3.8) is 0 Å². The number of carbonyl (C=O) groups excluding carboxylic acids is 2. The lowest BCUT2D eigenvalue weighted by atomic mass is 10.2. The van der Waals surface area contributed by atoms with Crippen LogP contribution in [-0.4, -0.2) is 39.1 Å². The molecule has 1 amide bonds. The number of hydrogen-bond acceptors (Lipinski definition) is 4. The van der Waals surface area contributed by atoms with Crippen molar-refractivity contribution in [1.82, 2.24) is 10.6 Å². The molecule has 1 atom stereocenters. The standard InChI is InChI=1S/C8H16N2O3/c1-6(8(12)13-3)4-10-5-7(11)9-2/h6,10H,4-5H2,1-3H3,(H,9,11). The molecule has 2 N–H and O–H groups in total. The van der Waals surface area contributed by atoms with Gasteiger partial charge in [-0.25, -0.2) is 0 Å². The summed E-state index contributed by atoms with van der Waals surface area (Å²) in [5, 5.41) is 5.30. The lowest BCUT2D eigenvalue weighted by Gasteiger charge is -2.09. The van der Waals surface area contributed by atoms with E-state index in [4.69, 9.17) is 0 Å². The zero-order valence-electron chi connectivity index (χ0n) is 8.22. The number of likely N-dealkylation sites (N-methyl/N-ethyl adjacent to an activating group) is 1. The van der Waals surface area contributed by atoms with Gasteiger partial charge in [-0.3, -0.25) is 9.59 Å². The molecular weight excluding hydrogens is 172 g/mol. The minimum absolute atomic E-state index is 0.0999. The molecule has 0 spiro atoms. The minimum Gasteiger partial charge on any atom is -0.469 e. The summed E-state index contributed by atoms with van der Waals surface area (Å²) in [7, 11) is 2.91. The summed E-state index contributed by atoms with van der Waals surface area (Å²) in [5.74, 6) is -0.601. The van der Waals surface area contributed by atoms with Gasteiger partial charge in [-0.15, -0.1) is 0 Å². The molecule has 0 aliphatic rings. The fourth-order valence-electron chi connectivity index (χ4n) is 0.775. The molecule has 0 aromatic rings. The van der Waals surface area contributed by atoms with Gasteiger partial charge in [0.1, 0.15) is 0 Å². The van der Waals surface area contributed by atoms with Gasteiger partial charge in [0, 0.05) is 13.6 Å². The van der Waals surface area contributed by atoms with Crippen molar-refractivity contribution in [2.24, 2.45) is 5.92 Å². The molecule has 5 nitrogen and oxygen atoms in total. The molecule has 0 heterocycles. The van der Waals surface area contributed by atoms with Crippen LogP contribution in [0.4, 0.5) is 0 Å². The summed E-state index contributed by atoms with van der Waals surface area (Å²) in [6.45, 7) is 2.40. The molecule has 0 aromatic carbocycles. The van der Waals surface area contributed by atoms with Crippen molar-refractivity contribution < 1.29 is 14.3 Å². The average Bonchev–Trinajstić information content (AvgIpc) is 2.15. The average molecular weight is 188 g/mol. The zero-order chi connectivity index (χ0) is 10.3. The van der Waals surface area contributed by atoms with Gasteiger partial charge in [0.25, 0.3) is 0 Å². The first-order valence-electron chi connectivity index (χ1n) is 4.11. The van der Waals surface area contributed by atoms with Crippen LogP contribution >= 0.6 is 0 Å². The Morgan fingerprint density at radius 2 is 2.08 bits per heavy atom. The number of methoxy groups -OCH3 is 1. The SMILES string of the molecule is CNC(=O)CNCC(C)C(=O)OC. The molecule has 1 unspecified atom stereocenters. The van der Waals surface area contributed by atoms with Crippen LogP contribution in [0.5, 0.6) is 0 Å². The van der Waals surface area contributed by atoms with Crippen molar-refractivity contribution in [3.8, 4) is 0 Å². The van der Waals surface area contributed by atoms with Gasteiger partial charge in [0.05, 0.1) is 19.6 Å². The lowest BCUT2D eigenvalue weighted by molar-refractivity contribution is -0.144. The first-order chi connectivity index (χ1) is 6.11. The van der Waals surface area contributed by atoms with Gasteiger partial charge in [0.2, 0.25) is 5.91 Å². The van der Waals surface area contributed by atoms with Gasteiger partial charge in [-0.2, -0.15) is 0 Å². The molecular formula is C8H16N2O3. The zero-order valence-corrected chi connectivity index (χ0v) is 8.22. The van der Waals surface area contributed by atoms with Gasteiger partial charge in [-0.1, -0.05) is 6.92 Å². The van der Waals surface area contributed by atoms with E-state index in [1.54, 1.807) is 14.0 Å². The van der Waals surface area contributed by atoms with E-state index < -0.39 is 0 Å². The Morgan fingerprint density at radius 1 is 1.46 bits per heavy atom. The summed E-state index contributed by atoms with van der Waals surface area (Å²) in [4.78, 5) is 21.6. The van der Waals surface area contributed by atoms with E-state index in [1.165, 1.54) is 7.11 Å². The summed E-state index contributed by atoms with van der Waals surface area (Å²) < 4.78 is 4.52. The lowest BCUT2D eigenvalue weighted by Crippen LogP contribution is -2.35. The first-order valence-corrected chi connectivity index (χ1v) is 4.11. The Morgan fingerprint density at radius 3 is 2.54 bits per heavy atom. The Bertz CT molecular complexity index is 182. The molecule has 0 aromatic heterocycles. The van der Waals surface area contributed by atoms with E-state index in [-0.39, 0.29) is 24.3 Å². The quantitative estimate of drug-likeness (QED) is 0.550. The van der Waals surface area contributed by atoms with E-state index in [0.717, 1.165) is 0 Å². The highest BCUT2D eigenvalue weighted by molar-refractivity contribution is 5.77. The second-order valence-corrected chi connectivity index (χ2v) is 2.73. The normalized spacial score (nSPS) is 11.9. The fourth-order valence-corrected chi connectivity index (χ4v) is 0.775. The number of esters is 1. The second kappa shape index (κ2) is 6.42. The fraction of sp³-hybridized carbons (Fsp3) is 0.750. The molecule has 0 saturated carbocycles. The van der Waals surface area contributed by atoms with Crippen LogP contribution < -0.4 is 10.6 Å². The van der Waals surface area contributed by atoms with Crippen LogP contribution in [0.15, 0.2) is 0 Å². The first kappa shape index (κ1) is 11.9. The van der Waals surface area contributed by atoms with Crippen LogP contribution in [0.2, 0.25) is 0 Å². The highest BCUT2D eigenvalue weighted by atomic mass is 16.5. The monoisotopic (exact) mass is 188 g/mol. The molecule has 0 aliphatic heterocycles. The topological polar surface area (TPSA) is 67.4 Å². The Labute approximate surface area is 77.8 Å². The van der Waals surface area contributed by atoms with Crippen molar-refractivity contribution in [3.05, 3.63) is 0 Å². The van der Waals surface area contributed by atoms with Crippen molar-refractivity contribution in [2.75, 3.05) is 27.2 Å². The molecule has 0 radical (unpaired) electrons. The molecule has 0 rings (SSSR count). The van der Waals surface area contributed by atoms with Gasteiger partial charge in [-0.05, 0) is 0 Å². The molecule has 0 aliphatic carbocycles. The third-order valence-corrected chi connectivity index (χ3v) is 1.62. The molecule has 76 valence electrons. The Kier molecular flexibility index (Phi) is 5.88. The van der Waals surface area contributed by atoms with Crippen LogP contribution in [0.25, 0.3) is 0 Å². The van der Waals surface area contributed by atoms with Crippen LogP contribution in [-0.2, 0) is 14.3 Å². The molecule has 5 heteroatoms. The third-order valence-electron chi connectivity index (χ3n) is 1.62. The number of amides is 1. The van der Waals surface area contributed by atoms with Gasteiger partial charge in [0.15, 0.2) is 0 Å². The number of ether oxygens (including phenoxy) is 1. The summed E-state index contributed by atoms with van der Waals surface area (Å²) >= 11 is 0. The van der Waals surface area contributed by atoms with Crippen LogP contribution in [0.3, 0.4) is 0 Å². The third kappa shape index (κ3) is 5.19. The Balaban J connectivity index is 3.53. The second-order valence-electron chi connectivity index (χ2n) is 2.73. The predicted octanol–water partition coefficient (Wildman–Crippen LogP) is -0.869. The summed E-state index contributed by atoms with van der Waals surface area (Å²) in [5.41, 5.74) is 0. The number of rotatable bonds is 5. The Hall–Kier alpha value is -1.10. The number of nitrogens with one attached hydrogen (secondary N) is 2. The smallest absolute Gasteiger partial charge is 0.309 e. The van der Waals surface area contributed by atoms with E-state index in [9.17, 15) is 9.59 Å². The van der Waals surface area contributed by atoms with E-state index in [2.05, 4.69) is 15.4 Å². The minimum atomic E-state index is -0.274. The van der Waals surface area contributed by atoms with Crippen molar-refractivity contribution in [1.29, 1.82) is 0 Å². The highest BCUT2D eigenvalue weighted by Crippen LogP contribution is 1.94. The van der Waals surface area contributed by atoms with E-state index >= 15 is 0 Å².